The van der Waals surface area contributed by atoms with Crippen LogP contribution < -0.4 is 5.32 Å². The third kappa shape index (κ3) is 2.98. The normalized spacial score (nSPS) is 31.4. The first-order chi connectivity index (χ1) is 9.22. The number of benzene rings is 1. The Balaban J connectivity index is 1.55. The van der Waals surface area contributed by atoms with Gasteiger partial charge in [0, 0.05) is 24.7 Å². The average Bonchev–Trinajstić information content (AvgIpc) is 2.39. The molecule has 1 N–H and O–H groups in total. The van der Waals surface area contributed by atoms with Gasteiger partial charge in [-0.2, -0.15) is 0 Å². The van der Waals surface area contributed by atoms with Gasteiger partial charge in [-0.1, -0.05) is 18.6 Å². The van der Waals surface area contributed by atoms with Gasteiger partial charge >= 0.3 is 0 Å². The lowest BCUT2D eigenvalue weighted by Gasteiger charge is -2.47. The summed E-state index contributed by atoms with van der Waals surface area (Å²) in [7, 11) is 2.28. The first kappa shape index (κ1) is 13.1. The van der Waals surface area contributed by atoms with Crippen LogP contribution in [0.15, 0.2) is 24.3 Å². The summed E-state index contributed by atoms with van der Waals surface area (Å²) in [5.41, 5.74) is 1.17. The molecule has 3 rings (SSSR count). The molecule has 0 aromatic heterocycles. The van der Waals surface area contributed by atoms with E-state index in [0.29, 0.717) is 6.04 Å². The lowest BCUT2D eigenvalue weighted by atomic mass is 9.82. The quantitative estimate of drug-likeness (QED) is 0.901. The van der Waals surface area contributed by atoms with Crippen LogP contribution in [-0.4, -0.2) is 30.1 Å². The average molecular weight is 262 g/mol. The van der Waals surface area contributed by atoms with E-state index >= 15 is 0 Å². The fraction of sp³-hybridized carbons (Fsp3) is 0.625. The van der Waals surface area contributed by atoms with Gasteiger partial charge in [0.15, 0.2) is 0 Å². The SMILES string of the molecule is CN1C2CCCC1CC(NCc1ccc(F)cc1)C2. The number of rotatable bonds is 3. The summed E-state index contributed by atoms with van der Waals surface area (Å²) in [4.78, 5) is 2.58. The third-order valence-corrected chi connectivity index (χ3v) is 4.85. The molecule has 19 heavy (non-hydrogen) atoms. The predicted octanol–water partition coefficient (Wildman–Crippen LogP) is 2.93. The molecule has 3 heteroatoms. The summed E-state index contributed by atoms with van der Waals surface area (Å²) in [5, 5.41) is 3.66. The van der Waals surface area contributed by atoms with Gasteiger partial charge in [-0.25, -0.2) is 4.39 Å². The zero-order valence-electron chi connectivity index (χ0n) is 11.6. The number of piperidine rings is 2. The van der Waals surface area contributed by atoms with Crippen molar-refractivity contribution in [3.8, 4) is 0 Å². The summed E-state index contributed by atoms with van der Waals surface area (Å²) in [5.74, 6) is -0.155. The number of fused-ring (bicyclic) bond motifs is 2. The monoisotopic (exact) mass is 262 g/mol. The Kier molecular flexibility index (Phi) is 3.85. The van der Waals surface area contributed by atoms with Crippen molar-refractivity contribution in [2.24, 2.45) is 0 Å². The molecular formula is C16H23FN2. The van der Waals surface area contributed by atoms with Gasteiger partial charge in [-0.15, -0.1) is 0 Å². The third-order valence-electron chi connectivity index (χ3n) is 4.85. The Morgan fingerprint density at radius 2 is 1.79 bits per heavy atom. The largest absolute Gasteiger partial charge is 0.310 e. The summed E-state index contributed by atoms with van der Waals surface area (Å²) in [6.45, 7) is 0.855. The molecule has 2 unspecified atom stereocenters. The molecule has 2 nitrogen and oxygen atoms in total. The first-order valence-electron chi connectivity index (χ1n) is 7.42. The van der Waals surface area contributed by atoms with E-state index in [1.165, 1.54) is 37.7 Å². The van der Waals surface area contributed by atoms with Crippen LogP contribution in [0.4, 0.5) is 4.39 Å². The maximum Gasteiger partial charge on any atom is 0.123 e. The summed E-state index contributed by atoms with van der Waals surface area (Å²) < 4.78 is 12.9. The summed E-state index contributed by atoms with van der Waals surface area (Å²) >= 11 is 0. The zero-order chi connectivity index (χ0) is 13.2. The van der Waals surface area contributed by atoms with Crippen LogP contribution in [0.3, 0.4) is 0 Å². The van der Waals surface area contributed by atoms with E-state index in [1.807, 2.05) is 12.1 Å². The number of hydrogen-bond donors (Lipinski definition) is 1. The van der Waals surface area contributed by atoms with Crippen LogP contribution in [0, 0.1) is 5.82 Å². The van der Waals surface area contributed by atoms with E-state index in [1.54, 1.807) is 12.1 Å². The van der Waals surface area contributed by atoms with Gasteiger partial charge in [-0.05, 0) is 50.4 Å². The van der Waals surface area contributed by atoms with Crippen LogP contribution in [0.1, 0.15) is 37.7 Å². The van der Waals surface area contributed by atoms with Crippen molar-refractivity contribution in [3.63, 3.8) is 0 Å². The molecule has 2 bridgehead atoms. The van der Waals surface area contributed by atoms with E-state index in [4.69, 9.17) is 0 Å². The number of nitrogens with one attached hydrogen (secondary N) is 1. The maximum atomic E-state index is 12.9. The lowest BCUT2D eigenvalue weighted by Crippen LogP contribution is -2.54. The Bertz CT molecular complexity index is 403. The van der Waals surface area contributed by atoms with E-state index < -0.39 is 0 Å². The molecule has 2 heterocycles. The molecule has 2 aliphatic rings. The van der Waals surface area contributed by atoms with Crippen LogP contribution in [0.2, 0.25) is 0 Å². The smallest absolute Gasteiger partial charge is 0.123 e. The van der Waals surface area contributed by atoms with E-state index in [9.17, 15) is 4.39 Å². The Hall–Kier alpha value is -0.930. The highest BCUT2D eigenvalue weighted by Crippen LogP contribution is 2.32. The summed E-state index contributed by atoms with van der Waals surface area (Å²) in [6, 6.07) is 8.98. The molecule has 0 radical (unpaired) electrons. The minimum absolute atomic E-state index is 0.155. The minimum Gasteiger partial charge on any atom is -0.310 e. The van der Waals surface area contributed by atoms with Gasteiger partial charge in [0.2, 0.25) is 0 Å². The van der Waals surface area contributed by atoms with Crippen LogP contribution in [0.5, 0.6) is 0 Å². The van der Waals surface area contributed by atoms with Crippen LogP contribution >= 0.6 is 0 Å². The lowest BCUT2D eigenvalue weighted by molar-refractivity contribution is 0.0482. The molecule has 104 valence electrons. The Morgan fingerprint density at radius 1 is 1.16 bits per heavy atom. The molecule has 0 spiro atoms. The molecule has 1 aromatic rings. The molecule has 0 aliphatic carbocycles. The molecule has 2 saturated heterocycles. The van der Waals surface area contributed by atoms with Crippen molar-refractivity contribution in [3.05, 3.63) is 35.6 Å². The fourth-order valence-electron chi connectivity index (χ4n) is 3.65. The molecule has 2 fully saturated rings. The van der Waals surface area contributed by atoms with Crippen LogP contribution in [0.25, 0.3) is 0 Å². The van der Waals surface area contributed by atoms with Gasteiger partial charge in [-0.3, -0.25) is 0 Å². The number of halogens is 1. The van der Waals surface area contributed by atoms with Gasteiger partial charge in [0.05, 0.1) is 0 Å². The van der Waals surface area contributed by atoms with E-state index in [0.717, 1.165) is 18.6 Å². The topological polar surface area (TPSA) is 15.3 Å². The van der Waals surface area contributed by atoms with Crippen molar-refractivity contribution in [1.82, 2.24) is 10.2 Å². The van der Waals surface area contributed by atoms with Crippen molar-refractivity contribution >= 4 is 0 Å². The highest BCUT2D eigenvalue weighted by Gasteiger charge is 2.35. The van der Waals surface area contributed by atoms with Crippen molar-refractivity contribution in [2.45, 2.75) is 56.8 Å². The highest BCUT2D eigenvalue weighted by molar-refractivity contribution is 5.16. The standard InChI is InChI=1S/C16H23FN2/c1-19-15-3-2-4-16(19)10-14(9-15)18-11-12-5-7-13(17)8-6-12/h5-8,14-16,18H,2-4,9-11H2,1H3. The first-order valence-corrected chi connectivity index (χ1v) is 7.42. The highest BCUT2D eigenvalue weighted by atomic mass is 19.1. The Labute approximate surface area is 115 Å². The number of hydrogen-bond acceptors (Lipinski definition) is 2. The van der Waals surface area contributed by atoms with E-state index in [-0.39, 0.29) is 5.82 Å². The van der Waals surface area contributed by atoms with Gasteiger partial charge < -0.3 is 10.2 Å². The molecule has 0 amide bonds. The van der Waals surface area contributed by atoms with Crippen molar-refractivity contribution in [1.29, 1.82) is 0 Å². The van der Waals surface area contributed by atoms with Crippen molar-refractivity contribution in [2.75, 3.05) is 7.05 Å². The molecule has 0 saturated carbocycles. The number of nitrogens with zero attached hydrogens (tertiary/aromatic N) is 1. The van der Waals surface area contributed by atoms with Gasteiger partial charge in [0.1, 0.15) is 5.82 Å². The second kappa shape index (κ2) is 5.59. The minimum atomic E-state index is -0.155. The molecular weight excluding hydrogens is 239 g/mol. The zero-order valence-corrected chi connectivity index (χ0v) is 11.6. The predicted molar refractivity (Wildman–Crippen MR) is 75.5 cm³/mol. The second-order valence-electron chi connectivity index (χ2n) is 6.08. The van der Waals surface area contributed by atoms with E-state index in [2.05, 4.69) is 17.3 Å². The molecule has 1 aromatic carbocycles. The molecule has 2 aliphatic heterocycles. The fourth-order valence-corrected chi connectivity index (χ4v) is 3.65. The van der Waals surface area contributed by atoms with Crippen molar-refractivity contribution < 1.29 is 4.39 Å². The van der Waals surface area contributed by atoms with Gasteiger partial charge in [0.25, 0.3) is 0 Å². The van der Waals surface area contributed by atoms with Crippen LogP contribution in [-0.2, 0) is 6.54 Å². The molecule has 2 atom stereocenters. The maximum absolute atomic E-state index is 12.9. The Morgan fingerprint density at radius 3 is 2.42 bits per heavy atom. The second-order valence-corrected chi connectivity index (χ2v) is 6.08. The summed E-state index contributed by atoms with van der Waals surface area (Å²) in [6.07, 6.45) is 6.61.